The molecular formula is C22H21Cl4N3O2. The quantitative estimate of drug-likeness (QED) is 0.507. The van der Waals surface area contributed by atoms with Crippen molar-refractivity contribution < 1.29 is 9.59 Å². The van der Waals surface area contributed by atoms with Crippen LogP contribution in [-0.2, 0) is 21.4 Å². The summed E-state index contributed by atoms with van der Waals surface area (Å²) < 4.78 is 0. The summed E-state index contributed by atoms with van der Waals surface area (Å²) in [5.74, 6) is -0.594. The highest BCUT2D eigenvalue weighted by atomic mass is 35.5. The number of amides is 2. The third-order valence-electron chi connectivity index (χ3n) is 5.24. The van der Waals surface area contributed by atoms with E-state index >= 15 is 0 Å². The van der Waals surface area contributed by atoms with Crippen molar-refractivity contribution >= 4 is 64.4 Å². The lowest BCUT2D eigenvalue weighted by atomic mass is 9.94. The molecule has 1 aliphatic carbocycles. The van der Waals surface area contributed by atoms with Gasteiger partial charge in [0.2, 0.25) is 11.8 Å². The van der Waals surface area contributed by atoms with Crippen LogP contribution in [0.4, 0.5) is 0 Å². The lowest BCUT2D eigenvalue weighted by molar-refractivity contribution is -0.130. The van der Waals surface area contributed by atoms with Gasteiger partial charge in [0, 0.05) is 39.8 Å². The number of carbonyl (C=O) groups excluding carboxylic acids is 2. The Balaban J connectivity index is 1.83. The highest BCUT2D eigenvalue weighted by Crippen LogP contribution is 2.51. The predicted molar refractivity (Wildman–Crippen MR) is 127 cm³/mol. The number of rotatable bonds is 8. The molecule has 1 saturated carbocycles. The van der Waals surface area contributed by atoms with Crippen molar-refractivity contribution in [2.24, 2.45) is 4.99 Å². The second kappa shape index (κ2) is 10.2. The first-order valence-corrected chi connectivity index (χ1v) is 11.2. The van der Waals surface area contributed by atoms with Gasteiger partial charge in [0.25, 0.3) is 0 Å². The van der Waals surface area contributed by atoms with Crippen LogP contribution in [0.25, 0.3) is 0 Å². The van der Waals surface area contributed by atoms with Crippen molar-refractivity contribution in [3.63, 3.8) is 0 Å². The number of hydrogen-bond acceptors (Lipinski definition) is 3. The van der Waals surface area contributed by atoms with Crippen LogP contribution < -0.4 is 10.6 Å². The zero-order chi connectivity index (χ0) is 22.6. The normalized spacial score (nSPS) is 15.5. The Morgan fingerprint density at radius 3 is 2.29 bits per heavy atom. The molecule has 5 nitrogen and oxygen atoms in total. The molecule has 1 fully saturated rings. The third kappa shape index (κ3) is 5.72. The minimum Gasteiger partial charge on any atom is -0.349 e. The molecule has 2 aromatic rings. The van der Waals surface area contributed by atoms with Gasteiger partial charge in [0.05, 0.1) is 12.0 Å². The molecule has 164 valence electrons. The Hall–Kier alpha value is -1.79. The second-order valence-corrected chi connectivity index (χ2v) is 9.05. The molecule has 0 aliphatic heterocycles. The molecule has 1 atom stereocenters. The summed E-state index contributed by atoms with van der Waals surface area (Å²) in [6.07, 6.45) is 3.06. The minimum atomic E-state index is -0.833. The van der Waals surface area contributed by atoms with E-state index in [-0.39, 0.29) is 24.8 Å². The lowest BCUT2D eigenvalue weighted by Crippen LogP contribution is -2.51. The van der Waals surface area contributed by atoms with E-state index in [9.17, 15) is 9.59 Å². The van der Waals surface area contributed by atoms with E-state index in [2.05, 4.69) is 15.6 Å². The van der Waals surface area contributed by atoms with Crippen molar-refractivity contribution in [2.45, 2.75) is 30.7 Å². The smallest absolute Gasteiger partial charge is 0.243 e. The number of nitrogens with one attached hydrogen (secondary N) is 2. The molecule has 3 rings (SSSR count). The third-order valence-corrected chi connectivity index (χ3v) is 6.38. The summed E-state index contributed by atoms with van der Waals surface area (Å²) >= 11 is 24.6. The lowest BCUT2D eigenvalue weighted by Gasteiger charge is -2.23. The number of hydrogen-bond donors (Lipinski definition) is 2. The Bertz CT molecular complexity index is 1020. The largest absolute Gasteiger partial charge is 0.349 e. The van der Waals surface area contributed by atoms with Crippen LogP contribution in [0.2, 0.25) is 20.1 Å². The molecule has 31 heavy (non-hydrogen) atoms. The van der Waals surface area contributed by atoms with Gasteiger partial charge < -0.3 is 10.6 Å². The maximum atomic E-state index is 13.3. The first-order chi connectivity index (χ1) is 14.8. The SMILES string of the molecule is CN=CCNC(=O)C(Cc1ccc(Cl)cc1Cl)NC(=O)C1(c2ccc(Cl)cc2Cl)CC1. The van der Waals surface area contributed by atoms with Crippen molar-refractivity contribution in [1.82, 2.24) is 10.6 Å². The number of carbonyl (C=O) groups is 2. The van der Waals surface area contributed by atoms with E-state index in [1.165, 1.54) is 0 Å². The van der Waals surface area contributed by atoms with Crippen LogP contribution >= 0.6 is 46.4 Å². The van der Waals surface area contributed by atoms with Crippen LogP contribution in [0.1, 0.15) is 24.0 Å². The monoisotopic (exact) mass is 499 g/mol. The fourth-order valence-electron chi connectivity index (χ4n) is 3.39. The zero-order valence-corrected chi connectivity index (χ0v) is 19.7. The first kappa shape index (κ1) is 23.9. The Morgan fingerprint density at radius 2 is 1.71 bits per heavy atom. The Kier molecular flexibility index (Phi) is 7.87. The van der Waals surface area contributed by atoms with Crippen molar-refractivity contribution in [3.05, 3.63) is 67.6 Å². The van der Waals surface area contributed by atoms with Crippen LogP contribution in [0, 0.1) is 0 Å². The molecule has 0 aromatic heterocycles. The molecular weight excluding hydrogens is 480 g/mol. The average Bonchev–Trinajstić information content (AvgIpc) is 3.51. The second-order valence-electron chi connectivity index (χ2n) is 7.36. The maximum Gasteiger partial charge on any atom is 0.243 e. The van der Waals surface area contributed by atoms with Crippen molar-refractivity contribution in [3.8, 4) is 0 Å². The Morgan fingerprint density at radius 1 is 1.06 bits per heavy atom. The van der Waals surface area contributed by atoms with Gasteiger partial charge in [-0.3, -0.25) is 14.6 Å². The summed E-state index contributed by atoms with van der Waals surface area (Å²) in [6.45, 7) is 0.254. The van der Waals surface area contributed by atoms with Crippen molar-refractivity contribution in [2.75, 3.05) is 13.6 Å². The molecule has 1 aliphatic rings. The molecule has 0 heterocycles. The standard InChI is InChI=1S/C22H21Cl4N3O2/c1-27-8-9-28-20(30)19(10-13-2-3-14(23)11-17(13)25)29-21(31)22(6-7-22)16-5-4-15(24)12-18(16)26/h2-5,8,11-12,19H,6-7,9-10H2,1H3,(H,28,30)(H,29,31). The molecule has 2 N–H and O–H groups in total. The Labute approximate surface area is 201 Å². The van der Waals surface area contributed by atoms with Crippen LogP contribution in [-0.4, -0.2) is 37.7 Å². The van der Waals surface area contributed by atoms with Gasteiger partial charge >= 0.3 is 0 Å². The maximum absolute atomic E-state index is 13.3. The van der Waals surface area contributed by atoms with Gasteiger partial charge in [0.15, 0.2) is 0 Å². The molecule has 2 aromatic carbocycles. The summed E-state index contributed by atoms with van der Waals surface area (Å²) in [5.41, 5.74) is 0.636. The highest BCUT2D eigenvalue weighted by Gasteiger charge is 2.53. The summed E-state index contributed by atoms with van der Waals surface area (Å²) in [4.78, 5) is 30.0. The van der Waals surface area contributed by atoms with Gasteiger partial charge in [0.1, 0.15) is 6.04 Å². The highest BCUT2D eigenvalue weighted by molar-refractivity contribution is 6.35. The molecule has 1 unspecified atom stereocenters. The van der Waals surface area contributed by atoms with E-state index < -0.39 is 11.5 Å². The summed E-state index contributed by atoms with van der Waals surface area (Å²) in [5, 5.41) is 7.50. The van der Waals surface area contributed by atoms with Gasteiger partial charge in [-0.1, -0.05) is 58.5 Å². The van der Waals surface area contributed by atoms with Crippen LogP contribution in [0.5, 0.6) is 0 Å². The number of nitrogens with zero attached hydrogens (tertiary/aromatic N) is 1. The number of halogens is 4. The molecule has 0 saturated heterocycles. The van der Waals surface area contributed by atoms with E-state index in [1.54, 1.807) is 49.7 Å². The van der Waals surface area contributed by atoms with Crippen LogP contribution in [0.3, 0.4) is 0 Å². The van der Waals surface area contributed by atoms with Gasteiger partial charge in [-0.2, -0.15) is 0 Å². The topological polar surface area (TPSA) is 70.6 Å². The summed E-state index contributed by atoms with van der Waals surface area (Å²) in [6, 6.07) is 9.30. The van der Waals surface area contributed by atoms with E-state index in [1.807, 2.05) is 0 Å². The van der Waals surface area contributed by atoms with Gasteiger partial charge in [-0.25, -0.2) is 0 Å². The molecule has 2 amide bonds. The molecule has 9 heteroatoms. The minimum absolute atomic E-state index is 0.210. The van der Waals surface area contributed by atoms with Gasteiger partial charge in [-0.15, -0.1) is 0 Å². The number of aliphatic imine (C=N–C) groups is 1. The molecule has 0 bridgehead atoms. The first-order valence-electron chi connectivity index (χ1n) is 9.65. The fourth-order valence-corrected chi connectivity index (χ4v) is 4.47. The van der Waals surface area contributed by atoms with E-state index in [4.69, 9.17) is 46.4 Å². The van der Waals surface area contributed by atoms with Gasteiger partial charge in [-0.05, 0) is 48.2 Å². The van der Waals surface area contributed by atoms with Crippen LogP contribution in [0.15, 0.2) is 41.4 Å². The zero-order valence-electron chi connectivity index (χ0n) is 16.7. The molecule has 0 radical (unpaired) electrons. The number of benzene rings is 2. The average molecular weight is 501 g/mol. The van der Waals surface area contributed by atoms with E-state index in [0.717, 1.165) is 0 Å². The fraction of sp³-hybridized carbons (Fsp3) is 0.318. The van der Waals surface area contributed by atoms with E-state index in [0.29, 0.717) is 44.1 Å². The summed E-state index contributed by atoms with van der Waals surface area (Å²) in [7, 11) is 1.62. The molecule has 0 spiro atoms. The van der Waals surface area contributed by atoms with Crippen molar-refractivity contribution in [1.29, 1.82) is 0 Å². The predicted octanol–water partition coefficient (Wildman–Crippen LogP) is 4.88.